The second kappa shape index (κ2) is 6.00. The summed E-state index contributed by atoms with van der Waals surface area (Å²) in [5.74, 6) is 6.89. The van der Waals surface area contributed by atoms with Crippen molar-refractivity contribution in [2.24, 2.45) is 5.84 Å². The molecule has 2 rings (SSSR count). The molecule has 5 heteroatoms. The number of rotatable bonds is 4. The molecule has 1 saturated heterocycles. The molecule has 1 fully saturated rings. The first-order valence-corrected chi connectivity index (χ1v) is 7.32. The molecule has 0 aromatic carbocycles. The highest BCUT2D eigenvalue weighted by Crippen LogP contribution is 2.29. The first kappa shape index (κ1) is 12.4. The van der Waals surface area contributed by atoms with Crippen molar-refractivity contribution in [3.63, 3.8) is 0 Å². The maximum Gasteiger partial charge on any atom is 0.0420 e. The maximum atomic E-state index is 5.63. The van der Waals surface area contributed by atoms with E-state index >= 15 is 0 Å². The maximum absolute atomic E-state index is 5.63. The van der Waals surface area contributed by atoms with Crippen molar-refractivity contribution in [3.8, 4) is 0 Å². The standard InChI is InChI=1S/C11H16BrN3S/c12-8-3-4-9(14-7-8)6-10(15-13)11-2-1-5-16-11/h3-4,7,10-11,15H,1-2,5-6,13H2. The van der Waals surface area contributed by atoms with Crippen molar-refractivity contribution in [1.29, 1.82) is 0 Å². The van der Waals surface area contributed by atoms with Crippen LogP contribution in [-0.2, 0) is 6.42 Å². The molecular weight excluding hydrogens is 286 g/mol. The van der Waals surface area contributed by atoms with Crippen LogP contribution >= 0.6 is 27.7 Å². The number of hydrazine groups is 1. The predicted octanol–water partition coefficient (Wildman–Crippen LogP) is 2.11. The number of nitrogens with two attached hydrogens (primary N) is 1. The zero-order valence-corrected chi connectivity index (χ0v) is 11.4. The number of nitrogens with zero attached hydrogens (tertiary/aromatic N) is 1. The van der Waals surface area contributed by atoms with Crippen LogP contribution in [0.4, 0.5) is 0 Å². The third-order valence-electron chi connectivity index (χ3n) is 2.85. The summed E-state index contributed by atoms with van der Waals surface area (Å²) in [6.07, 6.45) is 5.31. The number of halogens is 1. The van der Waals surface area contributed by atoms with Gasteiger partial charge in [0.05, 0.1) is 0 Å². The molecule has 0 aliphatic carbocycles. The highest BCUT2D eigenvalue weighted by molar-refractivity contribution is 9.10. The molecule has 3 N–H and O–H groups in total. The SMILES string of the molecule is NNC(Cc1ccc(Br)cn1)C1CCCS1. The number of pyridine rings is 1. The van der Waals surface area contributed by atoms with E-state index < -0.39 is 0 Å². The Balaban J connectivity index is 1.97. The summed E-state index contributed by atoms with van der Waals surface area (Å²) >= 11 is 5.41. The van der Waals surface area contributed by atoms with Crippen LogP contribution in [0.2, 0.25) is 0 Å². The molecule has 3 nitrogen and oxygen atoms in total. The van der Waals surface area contributed by atoms with Crippen LogP contribution in [0.1, 0.15) is 18.5 Å². The van der Waals surface area contributed by atoms with E-state index in [1.54, 1.807) is 0 Å². The van der Waals surface area contributed by atoms with Crippen LogP contribution in [0.5, 0.6) is 0 Å². The van der Waals surface area contributed by atoms with Crippen molar-refractivity contribution in [2.75, 3.05) is 5.75 Å². The van der Waals surface area contributed by atoms with Crippen molar-refractivity contribution in [2.45, 2.75) is 30.6 Å². The van der Waals surface area contributed by atoms with Crippen LogP contribution in [0, 0.1) is 0 Å². The lowest BCUT2D eigenvalue weighted by Crippen LogP contribution is -2.43. The van der Waals surface area contributed by atoms with E-state index in [0.717, 1.165) is 16.6 Å². The Hall–Kier alpha value is -0.100. The fourth-order valence-corrected chi connectivity index (χ4v) is 3.58. The summed E-state index contributed by atoms with van der Waals surface area (Å²) in [5.41, 5.74) is 4.03. The van der Waals surface area contributed by atoms with E-state index in [9.17, 15) is 0 Å². The molecule has 0 radical (unpaired) electrons. The van der Waals surface area contributed by atoms with Crippen LogP contribution in [0.15, 0.2) is 22.8 Å². The second-order valence-corrected chi connectivity index (χ2v) is 6.26. The summed E-state index contributed by atoms with van der Waals surface area (Å²) in [4.78, 5) is 4.39. The molecule has 1 aliphatic heterocycles. The van der Waals surface area contributed by atoms with Gasteiger partial charge in [0.1, 0.15) is 0 Å². The molecule has 1 aromatic heterocycles. The average Bonchev–Trinajstić information content (AvgIpc) is 2.82. The van der Waals surface area contributed by atoms with E-state index in [-0.39, 0.29) is 0 Å². The van der Waals surface area contributed by atoms with E-state index in [4.69, 9.17) is 5.84 Å². The third-order valence-corrected chi connectivity index (χ3v) is 4.83. The largest absolute Gasteiger partial charge is 0.271 e. The summed E-state index contributed by atoms with van der Waals surface area (Å²) in [5, 5.41) is 0.635. The Morgan fingerprint density at radius 3 is 3.06 bits per heavy atom. The zero-order chi connectivity index (χ0) is 11.4. The number of hydrogen-bond acceptors (Lipinski definition) is 4. The van der Waals surface area contributed by atoms with Gasteiger partial charge in [0.15, 0.2) is 0 Å². The molecule has 1 aromatic rings. The fraction of sp³-hybridized carbons (Fsp3) is 0.545. The van der Waals surface area contributed by atoms with Gasteiger partial charge >= 0.3 is 0 Å². The molecule has 1 aliphatic rings. The minimum atomic E-state index is 0.334. The Kier molecular flexibility index (Phi) is 4.64. The van der Waals surface area contributed by atoms with Crippen molar-refractivity contribution < 1.29 is 0 Å². The van der Waals surface area contributed by atoms with E-state index in [1.807, 2.05) is 30.1 Å². The monoisotopic (exact) mass is 301 g/mol. The van der Waals surface area contributed by atoms with E-state index in [1.165, 1.54) is 18.6 Å². The lowest BCUT2D eigenvalue weighted by atomic mass is 10.0. The quantitative estimate of drug-likeness (QED) is 0.661. The van der Waals surface area contributed by atoms with E-state index in [0.29, 0.717) is 11.3 Å². The minimum absolute atomic E-state index is 0.334. The Morgan fingerprint density at radius 2 is 2.50 bits per heavy atom. The van der Waals surface area contributed by atoms with Gasteiger partial charge in [0, 0.05) is 34.1 Å². The van der Waals surface area contributed by atoms with Gasteiger partial charge in [-0.05, 0) is 46.7 Å². The van der Waals surface area contributed by atoms with Crippen LogP contribution in [0.25, 0.3) is 0 Å². The first-order valence-electron chi connectivity index (χ1n) is 5.48. The molecule has 2 unspecified atom stereocenters. The normalized spacial score (nSPS) is 22.2. The summed E-state index contributed by atoms with van der Waals surface area (Å²) in [6.45, 7) is 0. The smallest absolute Gasteiger partial charge is 0.0420 e. The van der Waals surface area contributed by atoms with Crippen LogP contribution in [0.3, 0.4) is 0 Å². The molecule has 2 atom stereocenters. The van der Waals surface area contributed by atoms with Gasteiger partial charge in [-0.25, -0.2) is 0 Å². The van der Waals surface area contributed by atoms with Gasteiger partial charge in [-0.15, -0.1) is 0 Å². The highest BCUT2D eigenvalue weighted by Gasteiger charge is 2.25. The van der Waals surface area contributed by atoms with Gasteiger partial charge in [-0.2, -0.15) is 11.8 Å². The highest BCUT2D eigenvalue weighted by atomic mass is 79.9. The lowest BCUT2D eigenvalue weighted by Gasteiger charge is -2.21. The molecule has 0 amide bonds. The Morgan fingerprint density at radius 1 is 1.62 bits per heavy atom. The molecule has 0 saturated carbocycles. The van der Waals surface area contributed by atoms with E-state index in [2.05, 4.69) is 26.3 Å². The minimum Gasteiger partial charge on any atom is -0.271 e. The zero-order valence-electron chi connectivity index (χ0n) is 9.03. The van der Waals surface area contributed by atoms with Gasteiger partial charge in [0.2, 0.25) is 0 Å². The van der Waals surface area contributed by atoms with Crippen molar-refractivity contribution in [3.05, 3.63) is 28.5 Å². The summed E-state index contributed by atoms with van der Waals surface area (Å²) in [7, 11) is 0. The van der Waals surface area contributed by atoms with Gasteiger partial charge in [-0.1, -0.05) is 0 Å². The second-order valence-electron chi connectivity index (χ2n) is 4.00. The van der Waals surface area contributed by atoms with Crippen molar-refractivity contribution in [1.82, 2.24) is 10.4 Å². The predicted molar refractivity (Wildman–Crippen MR) is 72.2 cm³/mol. The van der Waals surface area contributed by atoms with Gasteiger partial charge in [0.25, 0.3) is 0 Å². The third kappa shape index (κ3) is 3.20. The summed E-state index contributed by atoms with van der Waals surface area (Å²) in [6, 6.07) is 4.41. The Bertz CT molecular complexity index is 325. The molecule has 0 bridgehead atoms. The number of aromatic nitrogens is 1. The van der Waals surface area contributed by atoms with Gasteiger partial charge < -0.3 is 0 Å². The Labute approximate surface area is 109 Å². The molecule has 0 spiro atoms. The van der Waals surface area contributed by atoms with Crippen molar-refractivity contribution >= 4 is 27.7 Å². The molecule has 88 valence electrons. The molecule has 2 heterocycles. The topological polar surface area (TPSA) is 50.9 Å². The average molecular weight is 302 g/mol. The van der Waals surface area contributed by atoms with Gasteiger partial charge in [-0.3, -0.25) is 16.3 Å². The van der Waals surface area contributed by atoms with Crippen LogP contribution in [-0.4, -0.2) is 22.0 Å². The first-order chi connectivity index (χ1) is 7.79. The number of nitrogens with one attached hydrogen (secondary N) is 1. The fourth-order valence-electron chi connectivity index (χ4n) is 1.97. The molecule has 16 heavy (non-hydrogen) atoms. The number of hydrogen-bond donors (Lipinski definition) is 2. The summed E-state index contributed by atoms with van der Waals surface area (Å²) < 4.78 is 1.02. The lowest BCUT2D eigenvalue weighted by molar-refractivity contribution is 0.491. The van der Waals surface area contributed by atoms with Crippen LogP contribution < -0.4 is 11.3 Å². The number of thioether (sulfide) groups is 1. The molecular formula is C11H16BrN3S.